The molecule has 2 aromatic carbocycles. The van der Waals surface area contributed by atoms with Crippen molar-refractivity contribution in [3.63, 3.8) is 0 Å². The second-order valence-corrected chi connectivity index (χ2v) is 5.99. The normalized spacial score (nSPS) is 10.8. The van der Waals surface area contributed by atoms with Gasteiger partial charge in [0.15, 0.2) is 0 Å². The molecule has 0 spiro atoms. The maximum Gasteiger partial charge on any atom is 0.146 e. The lowest BCUT2D eigenvalue weighted by molar-refractivity contribution is 0.306. The molecule has 0 aliphatic carbocycles. The predicted octanol–water partition coefficient (Wildman–Crippen LogP) is 5.41. The number of benzene rings is 2. The lowest BCUT2D eigenvalue weighted by atomic mass is 10.2. The van der Waals surface area contributed by atoms with Crippen molar-refractivity contribution in [3.05, 3.63) is 88.0 Å². The summed E-state index contributed by atoms with van der Waals surface area (Å²) in [6.07, 6.45) is 3.39. The fourth-order valence-electron chi connectivity index (χ4n) is 2.11. The molecule has 0 saturated heterocycles. The van der Waals surface area contributed by atoms with Gasteiger partial charge in [0, 0.05) is 27.4 Å². The van der Waals surface area contributed by atoms with E-state index in [1.807, 2.05) is 48.5 Å². The third-order valence-electron chi connectivity index (χ3n) is 3.36. The van der Waals surface area contributed by atoms with Crippen LogP contribution in [0.2, 0.25) is 10.0 Å². The van der Waals surface area contributed by atoms with Gasteiger partial charge < -0.3 is 4.74 Å². The molecule has 0 unspecified atom stereocenters. The standard InChI is InChI=1S/C19H15Cl2N3O/c20-16-9-8-15(17(21)11-16)13-25-18-6-2-1-5-14(18)12-23-24-19-7-3-4-10-22-19/h1-12H,13H2,(H,22,24). The Morgan fingerprint density at radius 1 is 1.04 bits per heavy atom. The second kappa shape index (κ2) is 8.51. The molecule has 0 saturated carbocycles. The first-order chi connectivity index (χ1) is 12.2. The molecule has 0 amide bonds. The minimum Gasteiger partial charge on any atom is -0.488 e. The zero-order valence-electron chi connectivity index (χ0n) is 13.2. The van der Waals surface area contributed by atoms with Crippen molar-refractivity contribution in [2.45, 2.75) is 6.61 Å². The SMILES string of the molecule is Clc1ccc(COc2ccccc2C=NNc2ccccn2)c(Cl)c1. The number of ether oxygens (including phenoxy) is 1. The van der Waals surface area contributed by atoms with Crippen LogP contribution < -0.4 is 10.2 Å². The van der Waals surface area contributed by atoms with Gasteiger partial charge in [0.2, 0.25) is 0 Å². The Morgan fingerprint density at radius 3 is 2.68 bits per heavy atom. The lowest BCUT2D eigenvalue weighted by Gasteiger charge is -2.10. The summed E-state index contributed by atoms with van der Waals surface area (Å²) in [7, 11) is 0. The predicted molar refractivity (Wildman–Crippen MR) is 103 cm³/mol. The summed E-state index contributed by atoms with van der Waals surface area (Å²) in [5.41, 5.74) is 4.59. The van der Waals surface area contributed by atoms with E-state index in [0.717, 1.165) is 11.1 Å². The fourth-order valence-corrected chi connectivity index (χ4v) is 2.57. The maximum absolute atomic E-state index is 6.18. The number of hydrogen-bond donors (Lipinski definition) is 1. The van der Waals surface area contributed by atoms with E-state index in [1.165, 1.54) is 0 Å². The summed E-state index contributed by atoms with van der Waals surface area (Å²) in [6.45, 7) is 0.342. The molecule has 6 heteroatoms. The lowest BCUT2D eigenvalue weighted by Crippen LogP contribution is -2.00. The first kappa shape index (κ1) is 17.3. The van der Waals surface area contributed by atoms with Gasteiger partial charge in [-0.1, -0.05) is 47.5 Å². The molecule has 3 rings (SSSR count). The van der Waals surface area contributed by atoms with Gasteiger partial charge in [0.1, 0.15) is 18.2 Å². The van der Waals surface area contributed by atoms with Crippen LogP contribution in [0.4, 0.5) is 5.82 Å². The van der Waals surface area contributed by atoms with E-state index in [4.69, 9.17) is 27.9 Å². The quantitative estimate of drug-likeness (QED) is 0.465. The van der Waals surface area contributed by atoms with Gasteiger partial charge in [-0.05, 0) is 36.4 Å². The molecule has 0 bridgehead atoms. The molecule has 0 aliphatic rings. The first-order valence-electron chi connectivity index (χ1n) is 7.58. The molecule has 0 fully saturated rings. The molecule has 0 aliphatic heterocycles. The van der Waals surface area contributed by atoms with Gasteiger partial charge in [-0.15, -0.1) is 0 Å². The van der Waals surface area contributed by atoms with Crippen LogP contribution in [0.25, 0.3) is 0 Å². The summed E-state index contributed by atoms with van der Waals surface area (Å²) in [4.78, 5) is 4.14. The number of hydrogen-bond acceptors (Lipinski definition) is 4. The van der Waals surface area contributed by atoms with E-state index in [0.29, 0.717) is 28.2 Å². The third kappa shape index (κ3) is 4.95. The Morgan fingerprint density at radius 2 is 1.88 bits per heavy atom. The minimum atomic E-state index is 0.342. The largest absolute Gasteiger partial charge is 0.488 e. The fraction of sp³-hybridized carbons (Fsp3) is 0.0526. The molecule has 4 nitrogen and oxygen atoms in total. The van der Waals surface area contributed by atoms with Crippen molar-refractivity contribution in [2.75, 3.05) is 5.43 Å². The molecule has 1 aromatic heterocycles. The van der Waals surface area contributed by atoms with Crippen molar-refractivity contribution < 1.29 is 4.74 Å². The summed E-state index contributed by atoms with van der Waals surface area (Å²) < 4.78 is 5.88. The molecule has 25 heavy (non-hydrogen) atoms. The first-order valence-corrected chi connectivity index (χ1v) is 8.34. The average Bonchev–Trinajstić information content (AvgIpc) is 2.63. The molecule has 0 atom stereocenters. The van der Waals surface area contributed by atoms with E-state index in [9.17, 15) is 0 Å². The molecule has 0 radical (unpaired) electrons. The average molecular weight is 372 g/mol. The van der Waals surface area contributed by atoms with Gasteiger partial charge in [0.05, 0.1) is 6.21 Å². The van der Waals surface area contributed by atoms with Crippen LogP contribution in [0, 0.1) is 0 Å². The molecule has 126 valence electrons. The molecule has 3 aromatic rings. The molecule has 1 N–H and O–H groups in total. The summed E-state index contributed by atoms with van der Waals surface area (Å²) >= 11 is 12.1. The highest BCUT2D eigenvalue weighted by Crippen LogP contribution is 2.23. The van der Waals surface area contributed by atoms with Crippen LogP contribution in [-0.2, 0) is 6.61 Å². The highest BCUT2D eigenvalue weighted by molar-refractivity contribution is 6.35. The van der Waals surface area contributed by atoms with Gasteiger partial charge in [-0.2, -0.15) is 5.10 Å². The van der Waals surface area contributed by atoms with E-state index >= 15 is 0 Å². The van der Waals surface area contributed by atoms with E-state index in [1.54, 1.807) is 24.5 Å². The Bertz CT molecular complexity index is 870. The number of anilines is 1. The number of para-hydroxylation sites is 1. The zero-order chi connectivity index (χ0) is 17.5. The van der Waals surface area contributed by atoms with Crippen molar-refractivity contribution in [2.24, 2.45) is 5.10 Å². The van der Waals surface area contributed by atoms with Crippen molar-refractivity contribution in [1.82, 2.24) is 4.98 Å². The molecular formula is C19H15Cl2N3O. The van der Waals surface area contributed by atoms with Crippen LogP contribution in [0.15, 0.2) is 72.0 Å². The van der Waals surface area contributed by atoms with Crippen LogP contribution in [0.5, 0.6) is 5.75 Å². The van der Waals surface area contributed by atoms with E-state index in [-0.39, 0.29) is 0 Å². The Labute approximate surface area is 156 Å². The van der Waals surface area contributed by atoms with Crippen molar-refractivity contribution in [3.8, 4) is 5.75 Å². The molecule has 1 heterocycles. The monoisotopic (exact) mass is 371 g/mol. The number of halogens is 2. The van der Waals surface area contributed by atoms with E-state index < -0.39 is 0 Å². The minimum absolute atomic E-state index is 0.342. The van der Waals surface area contributed by atoms with Crippen molar-refractivity contribution >= 4 is 35.2 Å². The number of nitrogens with zero attached hydrogens (tertiary/aromatic N) is 2. The summed E-state index contributed by atoms with van der Waals surface area (Å²) in [5, 5.41) is 5.37. The van der Waals surface area contributed by atoms with Gasteiger partial charge in [0.25, 0.3) is 0 Å². The third-order valence-corrected chi connectivity index (χ3v) is 3.95. The van der Waals surface area contributed by atoms with Gasteiger partial charge in [-0.25, -0.2) is 4.98 Å². The Hall–Kier alpha value is -2.56. The molecular weight excluding hydrogens is 357 g/mol. The van der Waals surface area contributed by atoms with Gasteiger partial charge >= 0.3 is 0 Å². The summed E-state index contributed by atoms with van der Waals surface area (Å²) in [5.74, 6) is 1.38. The number of hydrazone groups is 1. The summed E-state index contributed by atoms with van der Waals surface area (Å²) in [6, 6.07) is 18.5. The highest BCUT2D eigenvalue weighted by Gasteiger charge is 2.05. The highest BCUT2D eigenvalue weighted by atomic mass is 35.5. The second-order valence-electron chi connectivity index (χ2n) is 5.15. The zero-order valence-corrected chi connectivity index (χ0v) is 14.7. The Balaban J connectivity index is 1.68. The van der Waals surface area contributed by atoms with Crippen LogP contribution >= 0.6 is 23.2 Å². The number of nitrogens with one attached hydrogen (secondary N) is 1. The number of pyridine rings is 1. The Kier molecular flexibility index (Phi) is 5.88. The van der Waals surface area contributed by atoms with Crippen LogP contribution in [0.1, 0.15) is 11.1 Å². The van der Waals surface area contributed by atoms with E-state index in [2.05, 4.69) is 15.5 Å². The van der Waals surface area contributed by atoms with Gasteiger partial charge in [-0.3, -0.25) is 5.43 Å². The van der Waals surface area contributed by atoms with Crippen LogP contribution in [-0.4, -0.2) is 11.2 Å². The van der Waals surface area contributed by atoms with Crippen LogP contribution in [0.3, 0.4) is 0 Å². The smallest absolute Gasteiger partial charge is 0.146 e. The number of aromatic nitrogens is 1. The number of rotatable bonds is 6. The topological polar surface area (TPSA) is 46.5 Å². The maximum atomic E-state index is 6.18. The van der Waals surface area contributed by atoms with Crippen molar-refractivity contribution in [1.29, 1.82) is 0 Å².